The van der Waals surface area contributed by atoms with Crippen LogP contribution in [0.25, 0.3) is 11.0 Å². The molecule has 0 atom stereocenters. The van der Waals surface area contributed by atoms with E-state index in [1.54, 1.807) is 18.2 Å². The number of benzene rings is 1. The average molecular weight is 235 g/mol. The Morgan fingerprint density at radius 1 is 1.35 bits per heavy atom. The summed E-state index contributed by atoms with van der Waals surface area (Å²) in [5, 5.41) is 15.2. The van der Waals surface area contributed by atoms with Crippen molar-refractivity contribution in [3.05, 3.63) is 23.4 Å². The van der Waals surface area contributed by atoms with Crippen LogP contribution in [-0.4, -0.2) is 23.3 Å². The SMILES string of the molecule is COc1nc2ccc(OC(C)C)cc2[n+]([O-])n1. The summed E-state index contributed by atoms with van der Waals surface area (Å²) >= 11 is 0. The number of rotatable bonds is 3. The molecule has 0 radical (unpaired) electrons. The van der Waals surface area contributed by atoms with Crippen molar-refractivity contribution in [1.82, 2.24) is 10.1 Å². The van der Waals surface area contributed by atoms with Crippen molar-refractivity contribution >= 4 is 11.0 Å². The average Bonchev–Trinajstić information content (AvgIpc) is 2.29. The van der Waals surface area contributed by atoms with Crippen LogP contribution in [0.4, 0.5) is 0 Å². The van der Waals surface area contributed by atoms with Crippen molar-refractivity contribution in [2.45, 2.75) is 20.0 Å². The summed E-state index contributed by atoms with van der Waals surface area (Å²) in [5.74, 6) is 0.617. The first kappa shape index (κ1) is 11.4. The molecule has 6 heteroatoms. The van der Waals surface area contributed by atoms with E-state index in [4.69, 9.17) is 9.47 Å². The number of nitrogens with zero attached hydrogens (tertiary/aromatic N) is 3. The minimum absolute atomic E-state index is 0.0463. The third-order valence-electron chi connectivity index (χ3n) is 2.10. The fourth-order valence-corrected chi connectivity index (χ4v) is 1.44. The number of aromatic nitrogens is 3. The molecule has 0 amide bonds. The van der Waals surface area contributed by atoms with Crippen molar-refractivity contribution in [2.24, 2.45) is 0 Å². The van der Waals surface area contributed by atoms with Crippen LogP contribution in [0.15, 0.2) is 18.2 Å². The van der Waals surface area contributed by atoms with E-state index < -0.39 is 0 Å². The maximum atomic E-state index is 11.6. The zero-order valence-corrected chi connectivity index (χ0v) is 9.88. The van der Waals surface area contributed by atoms with Crippen molar-refractivity contribution in [3.63, 3.8) is 0 Å². The Balaban J connectivity index is 2.50. The van der Waals surface area contributed by atoms with Crippen LogP contribution in [0.1, 0.15) is 13.8 Å². The number of hydrogen-bond donors (Lipinski definition) is 0. The standard InChI is InChI=1S/C11H13N3O3/c1-7(2)17-8-4-5-9-10(6-8)14(15)13-11(12-9)16-3/h4-7H,1-3H3. The molecule has 0 saturated heterocycles. The molecular weight excluding hydrogens is 222 g/mol. The molecule has 1 aromatic carbocycles. The minimum Gasteiger partial charge on any atom is -0.594 e. The lowest BCUT2D eigenvalue weighted by Crippen LogP contribution is -2.32. The van der Waals surface area contributed by atoms with Gasteiger partial charge in [-0.15, -0.1) is 0 Å². The van der Waals surface area contributed by atoms with Gasteiger partial charge in [0, 0.05) is 0 Å². The van der Waals surface area contributed by atoms with Crippen LogP contribution in [0.5, 0.6) is 11.8 Å². The van der Waals surface area contributed by atoms with Gasteiger partial charge in [0.25, 0.3) is 5.52 Å². The summed E-state index contributed by atoms with van der Waals surface area (Å²) in [4.78, 5) is 4.55. The van der Waals surface area contributed by atoms with E-state index in [1.165, 1.54) is 7.11 Å². The lowest BCUT2D eigenvalue weighted by molar-refractivity contribution is -0.643. The van der Waals surface area contributed by atoms with Gasteiger partial charge in [-0.05, 0) is 30.8 Å². The largest absolute Gasteiger partial charge is 0.594 e. The van der Waals surface area contributed by atoms with Crippen LogP contribution >= 0.6 is 0 Å². The number of methoxy groups -OCH3 is 1. The summed E-state index contributed by atoms with van der Waals surface area (Å²) in [6.07, 6.45) is 0.0479. The van der Waals surface area contributed by atoms with E-state index in [0.717, 1.165) is 0 Å². The summed E-state index contributed by atoms with van der Waals surface area (Å²) < 4.78 is 10.3. The third kappa shape index (κ3) is 2.35. The number of hydrogen-bond acceptors (Lipinski definition) is 5. The second-order valence-corrected chi connectivity index (χ2v) is 3.79. The molecule has 1 heterocycles. The fraction of sp³-hybridized carbons (Fsp3) is 0.364. The van der Waals surface area contributed by atoms with Gasteiger partial charge in [0.15, 0.2) is 0 Å². The number of fused-ring (bicyclic) bond motifs is 1. The van der Waals surface area contributed by atoms with E-state index in [9.17, 15) is 5.21 Å². The first-order chi connectivity index (χ1) is 8.10. The van der Waals surface area contributed by atoms with Crippen LogP contribution in [0.3, 0.4) is 0 Å². The molecule has 2 aromatic rings. The zero-order valence-electron chi connectivity index (χ0n) is 9.88. The van der Waals surface area contributed by atoms with Crippen molar-refractivity contribution < 1.29 is 14.3 Å². The van der Waals surface area contributed by atoms with E-state index in [2.05, 4.69) is 10.1 Å². The highest BCUT2D eigenvalue weighted by atomic mass is 16.5. The first-order valence-corrected chi connectivity index (χ1v) is 5.22. The van der Waals surface area contributed by atoms with E-state index in [-0.39, 0.29) is 12.1 Å². The maximum absolute atomic E-state index is 11.6. The Morgan fingerprint density at radius 2 is 2.12 bits per heavy atom. The molecule has 6 nitrogen and oxygen atoms in total. The normalized spacial score (nSPS) is 10.8. The fourth-order valence-electron chi connectivity index (χ4n) is 1.44. The van der Waals surface area contributed by atoms with Gasteiger partial charge in [0.1, 0.15) is 11.3 Å². The molecule has 0 N–H and O–H groups in total. The van der Waals surface area contributed by atoms with Crippen LogP contribution in [0, 0.1) is 5.21 Å². The van der Waals surface area contributed by atoms with E-state index in [0.29, 0.717) is 21.6 Å². The predicted molar refractivity (Wildman–Crippen MR) is 60.8 cm³/mol. The van der Waals surface area contributed by atoms with E-state index in [1.807, 2.05) is 13.8 Å². The second-order valence-electron chi connectivity index (χ2n) is 3.79. The van der Waals surface area contributed by atoms with Crippen LogP contribution < -0.4 is 14.3 Å². The lowest BCUT2D eigenvalue weighted by Gasteiger charge is -2.09. The van der Waals surface area contributed by atoms with Gasteiger partial charge in [0.2, 0.25) is 0 Å². The van der Waals surface area contributed by atoms with Crippen molar-refractivity contribution in [2.75, 3.05) is 7.11 Å². The summed E-state index contributed by atoms with van der Waals surface area (Å²) in [6, 6.07) is 5.12. The molecular formula is C11H13N3O3. The molecule has 1 aromatic heterocycles. The Labute approximate surface area is 98.4 Å². The predicted octanol–water partition coefficient (Wildman–Crippen LogP) is 1.06. The van der Waals surface area contributed by atoms with Crippen LogP contribution in [0.2, 0.25) is 0 Å². The Hall–Kier alpha value is -2.11. The molecule has 0 fully saturated rings. The van der Waals surface area contributed by atoms with Gasteiger partial charge < -0.3 is 14.7 Å². The van der Waals surface area contributed by atoms with Crippen LogP contribution in [-0.2, 0) is 0 Å². The maximum Gasteiger partial charge on any atom is 0.381 e. The van der Waals surface area contributed by atoms with E-state index >= 15 is 0 Å². The van der Waals surface area contributed by atoms with Gasteiger partial charge in [-0.25, -0.2) is 0 Å². The van der Waals surface area contributed by atoms with Crippen molar-refractivity contribution in [3.8, 4) is 11.8 Å². The molecule has 0 saturated carbocycles. The van der Waals surface area contributed by atoms with Gasteiger partial charge in [-0.3, -0.25) is 0 Å². The highest BCUT2D eigenvalue weighted by molar-refractivity contribution is 5.72. The monoisotopic (exact) mass is 235 g/mol. The number of ether oxygens (including phenoxy) is 2. The topological polar surface area (TPSA) is 71.2 Å². The summed E-state index contributed by atoms with van der Waals surface area (Å²) in [6.45, 7) is 3.83. The van der Waals surface area contributed by atoms with Gasteiger partial charge >= 0.3 is 6.01 Å². The molecule has 90 valence electrons. The Bertz CT molecular complexity index is 543. The lowest BCUT2D eigenvalue weighted by atomic mass is 10.3. The molecule has 0 aliphatic rings. The molecule has 0 unspecified atom stereocenters. The quantitative estimate of drug-likeness (QED) is 0.587. The molecule has 0 spiro atoms. The highest BCUT2D eigenvalue weighted by Gasteiger charge is 2.12. The molecule has 0 aliphatic heterocycles. The highest BCUT2D eigenvalue weighted by Crippen LogP contribution is 2.18. The summed E-state index contributed by atoms with van der Waals surface area (Å²) in [5.41, 5.74) is 0.868. The molecule has 0 aliphatic carbocycles. The molecule has 2 rings (SSSR count). The van der Waals surface area contributed by atoms with Crippen molar-refractivity contribution in [1.29, 1.82) is 0 Å². The van der Waals surface area contributed by atoms with Gasteiger partial charge in [-0.2, -0.15) is 4.98 Å². The third-order valence-corrected chi connectivity index (χ3v) is 2.10. The zero-order chi connectivity index (χ0) is 12.4. The Morgan fingerprint density at radius 3 is 2.76 bits per heavy atom. The Kier molecular flexibility index (Phi) is 2.95. The molecule has 17 heavy (non-hydrogen) atoms. The second kappa shape index (κ2) is 4.40. The summed E-state index contributed by atoms with van der Waals surface area (Å²) in [7, 11) is 1.41. The van der Waals surface area contributed by atoms with Gasteiger partial charge in [0.05, 0.1) is 24.4 Å². The smallest absolute Gasteiger partial charge is 0.381 e. The molecule has 0 bridgehead atoms. The first-order valence-electron chi connectivity index (χ1n) is 5.22. The minimum atomic E-state index is 0.0463. The van der Waals surface area contributed by atoms with Gasteiger partial charge in [-0.1, -0.05) is 0 Å².